The number of hydrogen-bond acceptors (Lipinski definition) is 11. The van der Waals surface area contributed by atoms with Crippen molar-refractivity contribution in [3.8, 4) is 34.3 Å². The zero-order valence-electron chi connectivity index (χ0n) is 27.8. The number of benzene rings is 3. The Kier molecular flexibility index (Phi) is 11.8. The molecule has 1 aliphatic heterocycles. The number of ether oxygens (including phenoxy) is 4. The molecule has 12 heteroatoms. The molecule has 1 amide bonds. The minimum absolute atomic E-state index is 0.0129. The van der Waals surface area contributed by atoms with Gasteiger partial charge in [0.25, 0.3) is 5.91 Å². The number of rotatable bonds is 14. The summed E-state index contributed by atoms with van der Waals surface area (Å²) in [6.45, 7) is 4.86. The van der Waals surface area contributed by atoms with Gasteiger partial charge in [-0.05, 0) is 55.3 Å². The molecule has 1 aliphatic rings. The minimum Gasteiger partial charge on any atom is -0.504 e. The zero-order valence-corrected chi connectivity index (χ0v) is 27.8. The number of nitrogens with one attached hydrogen (secondary N) is 1. The number of fused-ring (bicyclic) bond motifs is 1. The van der Waals surface area contributed by atoms with Gasteiger partial charge in [0.2, 0.25) is 0 Å². The third-order valence-electron chi connectivity index (χ3n) is 8.43. The molecule has 1 saturated heterocycles. The molecule has 0 radical (unpaired) electrons. The van der Waals surface area contributed by atoms with Crippen molar-refractivity contribution in [1.82, 2.24) is 0 Å². The van der Waals surface area contributed by atoms with Gasteiger partial charge in [-0.1, -0.05) is 38.8 Å². The van der Waals surface area contributed by atoms with Gasteiger partial charge >= 0.3 is 0 Å². The number of hydrogen-bond donors (Lipinski definition) is 5. The van der Waals surface area contributed by atoms with Crippen LogP contribution in [0.1, 0.15) is 45.1 Å². The van der Waals surface area contributed by atoms with Gasteiger partial charge in [0.15, 0.2) is 23.0 Å². The molecular formula is C37H43NO11. The van der Waals surface area contributed by atoms with Crippen molar-refractivity contribution in [2.24, 2.45) is 0 Å². The number of carbonyl (C=O) groups excluding carboxylic acids is 1. The molecule has 1 aromatic heterocycles. The number of anilines is 1. The van der Waals surface area contributed by atoms with E-state index in [1.807, 2.05) is 6.92 Å². The van der Waals surface area contributed by atoms with Crippen LogP contribution in [0.15, 0.2) is 69.9 Å². The van der Waals surface area contributed by atoms with E-state index in [4.69, 9.17) is 23.4 Å². The van der Waals surface area contributed by atoms with Crippen molar-refractivity contribution in [2.75, 3.05) is 25.6 Å². The fourth-order valence-electron chi connectivity index (χ4n) is 5.66. The molecule has 49 heavy (non-hydrogen) atoms. The molecule has 3 aromatic carbocycles. The van der Waals surface area contributed by atoms with Crippen LogP contribution in [0.2, 0.25) is 0 Å². The Bertz CT molecular complexity index is 1790. The first kappa shape index (κ1) is 35.7. The number of carbonyl (C=O) groups is 1. The molecule has 0 spiro atoms. The van der Waals surface area contributed by atoms with Gasteiger partial charge in [-0.3, -0.25) is 9.59 Å². The molecule has 2 heterocycles. The summed E-state index contributed by atoms with van der Waals surface area (Å²) in [5.41, 5.74) is 0.774. The normalized spacial score (nSPS) is 20.6. The van der Waals surface area contributed by atoms with Crippen molar-refractivity contribution in [3.05, 3.63) is 76.5 Å². The Morgan fingerprint density at radius 1 is 0.898 bits per heavy atom. The summed E-state index contributed by atoms with van der Waals surface area (Å²) >= 11 is 0. The van der Waals surface area contributed by atoms with Crippen molar-refractivity contribution in [1.29, 1.82) is 0 Å². The van der Waals surface area contributed by atoms with Crippen LogP contribution in [0, 0.1) is 0 Å². The lowest BCUT2D eigenvalue weighted by Gasteiger charge is -2.40. The second kappa shape index (κ2) is 16.2. The lowest BCUT2D eigenvalue weighted by atomic mass is 9.90. The molecule has 5 N–H and O–H groups in total. The zero-order chi connectivity index (χ0) is 35.1. The molecule has 262 valence electrons. The molecule has 1 fully saturated rings. The molecule has 5 rings (SSSR count). The maximum Gasteiger partial charge on any atom is 0.256 e. The summed E-state index contributed by atoms with van der Waals surface area (Å²) in [6, 6.07) is 16.6. The fourth-order valence-corrected chi connectivity index (χ4v) is 5.66. The topological polar surface area (TPSA) is 177 Å². The first-order chi connectivity index (χ1) is 23.7. The average Bonchev–Trinajstić information content (AvgIpc) is 3.10. The summed E-state index contributed by atoms with van der Waals surface area (Å²) < 4.78 is 29.1. The van der Waals surface area contributed by atoms with Gasteiger partial charge in [0.1, 0.15) is 46.5 Å². The predicted molar refractivity (Wildman–Crippen MR) is 182 cm³/mol. The number of unbranched alkanes of at least 4 members (excludes halogenated alkanes) is 2. The Morgan fingerprint density at radius 2 is 1.59 bits per heavy atom. The number of phenols is 1. The van der Waals surface area contributed by atoms with Crippen molar-refractivity contribution in [2.45, 2.75) is 76.5 Å². The van der Waals surface area contributed by atoms with Crippen molar-refractivity contribution in [3.63, 3.8) is 0 Å². The maximum absolute atomic E-state index is 13.4. The van der Waals surface area contributed by atoms with E-state index in [1.165, 1.54) is 19.2 Å². The van der Waals surface area contributed by atoms with E-state index >= 15 is 0 Å². The average molecular weight is 678 g/mol. The van der Waals surface area contributed by atoms with Gasteiger partial charge < -0.3 is 49.1 Å². The summed E-state index contributed by atoms with van der Waals surface area (Å²) in [4.78, 5) is 26.7. The van der Waals surface area contributed by atoms with Crippen LogP contribution in [-0.4, -0.2) is 77.2 Å². The Labute approximate surface area is 283 Å². The SMILES string of the molecule is CCCCOc1ccc(-c2cc(=O)c3c(O)c(OCCCC)c(CC4OC(C(=O)Nc5ccccc5OC)C(O)C(O)C4O)cc3o2)cc1. The third-order valence-corrected chi connectivity index (χ3v) is 8.43. The highest BCUT2D eigenvalue weighted by molar-refractivity contribution is 5.96. The summed E-state index contributed by atoms with van der Waals surface area (Å²) in [5.74, 6) is 0.0774. The van der Waals surface area contributed by atoms with E-state index < -0.39 is 47.6 Å². The second-order valence-electron chi connectivity index (χ2n) is 12.0. The van der Waals surface area contributed by atoms with Crippen molar-refractivity contribution < 1.29 is 48.6 Å². The molecule has 4 aromatic rings. The summed E-state index contributed by atoms with van der Waals surface area (Å²) in [6.07, 6.45) is -4.74. The van der Waals surface area contributed by atoms with Gasteiger partial charge in [-0.2, -0.15) is 0 Å². The van der Waals surface area contributed by atoms with Crippen LogP contribution in [0.3, 0.4) is 0 Å². The number of phenolic OH excluding ortho intramolecular Hbond substituents is 1. The van der Waals surface area contributed by atoms with E-state index in [0.29, 0.717) is 35.8 Å². The molecule has 0 aliphatic carbocycles. The summed E-state index contributed by atoms with van der Waals surface area (Å²) in [7, 11) is 1.44. The van der Waals surface area contributed by atoms with E-state index in [2.05, 4.69) is 12.2 Å². The highest BCUT2D eigenvalue weighted by atomic mass is 16.5. The Balaban J connectivity index is 1.48. The minimum atomic E-state index is -1.75. The van der Waals surface area contributed by atoms with Crippen LogP contribution < -0.4 is 25.0 Å². The molecular weight excluding hydrogens is 634 g/mol. The second-order valence-corrected chi connectivity index (χ2v) is 12.0. The van der Waals surface area contributed by atoms with Crippen LogP contribution in [0.4, 0.5) is 5.69 Å². The number of aliphatic hydroxyl groups excluding tert-OH is 3. The largest absolute Gasteiger partial charge is 0.504 e. The molecule has 0 saturated carbocycles. The maximum atomic E-state index is 13.4. The Hall–Kier alpha value is -4.62. The number of aliphatic hydroxyl groups is 3. The van der Waals surface area contributed by atoms with Crippen LogP contribution in [0.5, 0.6) is 23.0 Å². The monoisotopic (exact) mass is 677 g/mol. The van der Waals surface area contributed by atoms with Crippen LogP contribution in [-0.2, 0) is 16.0 Å². The van der Waals surface area contributed by atoms with Crippen LogP contribution >= 0.6 is 0 Å². The highest BCUT2D eigenvalue weighted by Gasteiger charge is 2.47. The lowest BCUT2D eigenvalue weighted by Crippen LogP contribution is -2.61. The van der Waals surface area contributed by atoms with Gasteiger partial charge in [-0.25, -0.2) is 0 Å². The number of aromatic hydroxyl groups is 1. The van der Waals surface area contributed by atoms with Gasteiger partial charge in [-0.15, -0.1) is 0 Å². The van der Waals surface area contributed by atoms with Gasteiger partial charge in [0.05, 0.1) is 32.1 Å². The van der Waals surface area contributed by atoms with E-state index in [9.17, 15) is 30.0 Å². The number of para-hydroxylation sites is 2. The lowest BCUT2D eigenvalue weighted by molar-refractivity contribution is -0.218. The van der Waals surface area contributed by atoms with E-state index in [-0.39, 0.29) is 41.1 Å². The van der Waals surface area contributed by atoms with Crippen molar-refractivity contribution >= 4 is 22.6 Å². The Morgan fingerprint density at radius 3 is 2.29 bits per heavy atom. The number of methoxy groups -OCH3 is 1. The van der Waals surface area contributed by atoms with Crippen LogP contribution in [0.25, 0.3) is 22.3 Å². The molecule has 5 unspecified atom stereocenters. The first-order valence-electron chi connectivity index (χ1n) is 16.5. The molecule has 12 nitrogen and oxygen atoms in total. The predicted octanol–water partition coefficient (Wildman–Crippen LogP) is 4.56. The standard InChI is InChI=1S/C37H43NO11/c1-4-6-16-46-23-14-12-21(13-15-23)27-20-25(39)30-28(48-27)18-22(35(32(30)41)47-17-7-5-2)19-29-31(40)33(42)34(43)36(49-29)37(44)38-24-10-8-9-11-26(24)45-3/h8-15,18,20,29,31,33-34,36,40-43H,4-7,16-17,19H2,1-3H3,(H,38,44). The molecule has 5 atom stereocenters. The highest BCUT2D eigenvalue weighted by Crippen LogP contribution is 2.40. The summed E-state index contributed by atoms with van der Waals surface area (Å²) in [5, 5.41) is 46.5. The molecule has 0 bridgehead atoms. The number of amides is 1. The smallest absolute Gasteiger partial charge is 0.256 e. The quantitative estimate of drug-likeness (QED) is 0.118. The fraction of sp³-hybridized carbons (Fsp3) is 0.405. The van der Waals surface area contributed by atoms with E-state index in [1.54, 1.807) is 48.5 Å². The van der Waals surface area contributed by atoms with Gasteiger partial charge in [0, 0.05) is 23.6 Å². The first-order valence-corrected chi connectivity index (χ1v) is 16.5. The third kappa shape index (κ3) is 8.00. The van der Waals surface area contributed by atoms with E-state index in [0.717, 1.165) is 19.3 Å².